The quantitative estimate of drug-likeness (QED) is 0.0409. The normalized spacial score (nSPS) is 18.6. The number of hydrogen-bond acceptors (Lipinski definition) is 7. The summed E-state index contributed by atoms with van der Waals surface area (Å²) in [6, 6.07) is 17.2. The van der Waals surface area contributed by atoms with Crippen LogP contribution in [0, 0.1) is 0 Å². The molecule has 0 N–H and O–H groups in total. The number of halogens is 1. The van der Waals surface area contributed by atoms with Gasteiger partial charge in [0.1, 0.15) is 6.61 Å². The van der Waals surface area contributed by atoms with Crippen molar-refractivity contribution in [1.82, 2.24) is 0 Å². The lowest BCUT2D eigenvalue weighted by atomic mass is 9.81. The highest BCUT2D eigenvalue weighted by Gasteiger charge is 2.44. The van der Waals surface area contributed by atoms with Crippen molar-refractivity contribution in [2.45, 2.75) is 57.8 Å². The molecule has 0 saturated carbocycles. The van der Waals surface area contributed by atoms with Gasteiger partial charge < -0.3 is 23.8 Å². The van der Waals surface area contributed by atoms with Gasteiger partial charge in [0.2, 0.25) is 5.69 Å². The number of para-hydroxylation sites is 2. The van der Waals surface area contributed by atoms with Gasteiger partial charge >= 0.3 is 0 Å². The molecule has 2 aromatic rings. The average Bonchev–Trinajstić information content (AvgIpc) is 3.53. The van der Waals surface area contributed by atoms with Crippen molar-refractivity contribution in [1.29, 1.82) is 0 Å². The van der Waals surface area contributed by atoms with Crippen molar-refractivity contribution in [2.24, 2.45) is 10.2 Å². The van der Waals surface area contributed by atoms with E-state index in [1.807, 2.05) is 0 Å². The summed E-state index contributed by atoms with van der Waals surface area (Å²) in [7, 11) is 0. The Hall–Kier alpha value is -4.38. The smallest absolute Gasteiger partial charge is 0.209 e. The third kappa shape index (κ3) is 10.5. The van der Waals surface area contributed by atoms with Crippen LogP contribution in [0.2, 0.25) is 0 Å². The van der Waals surface area contributed by atoms with Gasteiger partial charge in [0.15, 0.2) is 12.3 Å². The van der Waals surface area contributed by atoms with Crippen molar-refractivity contribution in [2.75, 3.05) is 83.9 Å². The van der Waals surface area contributed by atoms with E-state index in [-0.39, 0.29) is 10.8 Å². The minimum atomic E-state index is -0.196. The first kappa shape index (κ1) is 41.8. The van der Waals surface area contributed by atoms with Crippen LogP contribution in [0.5, 0.6) is 0 Å². The highest BCUT2D eigenvalue weighted by Crippen LogP contribution is 2.48. The van der Waals surface area contributed by atoms with E-state index in [1.165, 1.54) is 33.9 Å². The van der Waals surface area contributed by atoms with Crippen molar-refractivity contribution in [3.05, 3.63) is 127 Å². The molecule has 0 saturated heterocycles. The molecule has 2 aromatic carbocycles. The maximum absolute atomic E-state index is 8.41. The first-order chi connectivity index (χ1) is 26.7. The topological polar surface area (TPSA) is 141 Å². The second-order valence-electron chi connectivity index (χ2n) is 14.6. The van der Waals surface area contributed by atoms with Crippen LogP contribution in [0.15, 0.2) is 105 Å². The number of nitrogens with zero attached hydrogens (tertiary/aromatic N) is 8. The summed E-state index contributed by atoms with van der Waals surface area (Å²) in [5.74, 6) is 0. The lowest BCUT2D eigenvalue weighted by molar-refractivity contribution is -0.442. The third-order valence-corrected chi connectivity index (χ3v) is 10.9. The Balaban J connectivity index is 1.31. The molecule has 2 aliphatic heterocycles. The molecule has 0 bridgehead atoms. The van der Waals surface area contributed by atoms with Gasteiger partial charge in [-0.1, -0.05) is 84.2 Å². The predicted octanol–water partition coefficient (Wildman–Crippen LogP) is 9.59. The van der Waals surface area contributed by atoms with Crippen LogP contribution in [-0.2, 0) is 29.8 Å². The molecule has 55 heavy (non-hydrogen) atoms. The first-order valence-corrected chi connectivity index (χ1v) is 19.5. The second kappa shape index (κ2) is 20.5. The van der Waals surface area contributed by atoms with Crippen LogP contribution in [0.3, 0.4) is 0 Å². The van der Waals surface area contributed by atoms with E-state index in [1.54, 1.807) is 0 Å². The molecule has 3 aliphatic rings. The van der Waals surface area contributed by atoms with Gasteiger partial charge in [0.25, 0.3) is 0 Å². The number of anilines is 1. The summed E-state index contributed by atoms with van der Waals surface area (Å²) >= 11 is 7.24. The van der Waals surface area contributed by atoms with Gasteiger partial charge in [0, 0.05) is 69.0 Å². The maximum Gasteiger partial charge on any atom is 0.209 e. The van der Waals surface area contributed by atoms with Gasteiger partial charge in [-0.2, -0.15) is 4.58 Å². The van der Waals surface area contributed by atoms with E-state index in [2.05, 4.69) is 130 Å². The highest BCUT2D eigenvalue weighted by molar-refractivity contribution is 6.32. The number of benzene rings is 2. The summed E-state index contributed by atoms with van der Waals surface area (Å²) in [5.41, 5.74) is 26.1. The molecule has 5 rings (SSSR count). The molecule has 1 aliphatic carbocycles. The molecule has 0 fully saturated rings. The highest BCUT2D eigenvalue weighted by atomic mass is 35.5. The molecule has 12 nitrogen and oxygen atoms in total. The van der Waals surface area contributed by atoms with E-state index >= 15 is 0 Å². The molecule has 292 valence electrons. The minimum absolute atomic E-state index is 0.196. The Morgan fingerprint density at radius 3 is 2.05 bits per heavy atom. The molecule has 2 heterocycles. The van der Waals surface area contributed by atoms with E-state index in [0.717, 1.165) is 35.4 Å². The van der Waals surface area contributed by atoms with Gasteiger partial charge in [-0.25, -0.2) is 0 Å². The van der Waals surface area contributed by atoms with Gasteiger partial charge in [-0.15, -0.1) is 0 Å². The first-order valence-electron chi connectivity index (χ1n) is 19.1. The molecular weight excluding hydrogens is 716 g/mol. The van der Waals surface area contributed by atoms with E-state index in [0.29, 0.717) is 79.0 Å². The molecule has 0 radical (unpaired) electrons. The number of rotatable bonds is 21. The summed E-state index contributed by atoms with van der Waals surface area (Å²) in [6.07, 6.45) is 11.8. The zero-order valence-corrected chi connectivity index (χ0v) is 33.4. The SMILES string of the molecule is CC1(C)C(=CC=C2CCCC(C=CC3=[N+](CCOCCOCCN=[N+]=[N-])c4ccccc4C3(C)C)=C2Cl)N(CCOCCOCCN=[N+]=[N-])c2ccccc21. The van der Waals surface area contributed by atoms with Gasteiger partial charge in [-0.05, 0) is 73.0 Å². The number of fused-ring (bicyclic) bond motifs is 2. The van der Waals surface area contributed by atoms with Crippen LogP contribution < -0.4 is 4.90 Å². The van der Waals surface area contributed by atoms with E-state index in [9.17, 15) is 0 Å². The van der Waals surface area contributed by atoms with E-state index < -0.39 is 0 Å². The minimum Gasteiger partial charge on any atom is -0.379 e. The summed E-state index contributed by atoms with van der Waals surface area (Å²) in [4.78, 5) is 7.85. The maximum atomic E-state index is 8.41. The Morgan fingerprint density at radius 2 is 1.36 bits per heavy atom. The van der Waals surface area contributed by atoms with E-state index in [4.69, 9.17) is 41.6 Å². The molecule has 0 aromatic heterocycles. The fourth-order valence-electron chi connectivity index (χ4n) is 7.59. The van der Waals surface area contributed by atoms with Crippen molar-refractivity contribution < 1.29 is 23.5 Å². The second-order valence-corrected chi connectivity index (χ2v) is 15.0. The van der Waals surface area contributed by atoms with Crippen molar-refractivity contribution in [3.63, 3.8) is 0 Å². The molecule has 0 amide bonds. The third-order valence-electron chi connectivity index (χ3n) is 10.4. The van der Waals surface area contributed by atoms with Crippen molar-refractivity contribution >= 4 is 28.7 Å². The standard InChI is InChI=1S/C42H54ClN8O4/c1-41(2)34-12-5-7-14-36(34)50(22-26-54-30-28-52-24-20-46-48-44)38(41)18-16-32-10-9-11-33(40(32)43)17-19-39-42(3,4)35-13-6-8-15-37(35)51(39)23-27-55-31-29-53-25-21-47-49-45/h5-8,12-19H,9-11,20-31H2,1-4H3/q+1. The molecule has 0 unspecified atom stereocenters. The Morgan fingerprint density at radius 1 is 0.745 bits per heavy atom. The number of azide groups is 2. The van der Waals surface area contributed by atoms with Crippen LogP contribution in [-0.4, -0.2) is 89.3 Å². The zero-order valence-electron chi connectivity index (χ0n) is 32.6. The average molecular weight is 770 g/mol. The zero-order chi connectivity index (χ0) is 39.1. The van der Waals surface area contributed by atoms with Gasteiger partial charge in [-0.3, -0.25) is 0 Å². The predicted molar refractivity (Wildman–Crippen MR) is 219 cm³/mol. The summed E-state index contributed by atoms with van der Waals surface area (Å²) in [6.45, 7) is 14.9. The fourth-order valence-corrected chi connectivity index (χ4v) is 7.90. The monoisotopic (exact) mass is 769 g/mol. The number of ether oxygens (including phenoxy) is 4. The van der Waals surface area contributed by atoms with Crippen LogP contribution in [0.1, 0.15) is 58.1 Å². The summed E-state index contributed by atoms with van der Waals surface area (Å²) < 4.78 is 25.2. The fraction of sp³-hybridized carbons (Fsp3) is 0.500. The lowest BCUT2D eigenvalue weighted by Gasteiger charge is -2.27. The Labute approximate surface area is 330 Å². The van der Waals surface area contributed by atoms with Crippen molar-refractivity contribution in [3.8, 4) is 0 Å². The Kier molecular flexibility index (Phi) is 15.6. The van der Waals surface area contributed by atoms with Crippen LogP contribution >= 0.6 is 11.6 Å². The molecule has 13 heteroatoms. The molecular formula is C42H54ClN8O4+. The lowest BCUT2D eigenvalue weighted by Crippen LogP contribution is -2.29. The number of allylic oxidation sites excluding steroid dienone is 8. The van der Waals surface area contributed by atoms with Crippen LogP contribution in [0.25, 0.3) is 20.9 Å². The molecule has 0 atom stereocenters. The Bertz CT molecular complexity index is 1900. The summed E-state index contributed by atoms with van der Waals surface area (Å²) in [5, 5.41) is 7.81. The molecule has 0 spiro atoms. The van der Waals surface area contributed by atoms with Crippen LogP contribution in [0.4, 0.5) is 11.4 Å². The van der Waals surface area contributed by atoms with Gasteiger partial charge in [0.05, 0.1) is 51.7 Å². The largest absolute Gasteiger partial charge is 0.379 e. The number of hydrogen-bond donors (Lipinski definition) is 0.